The maximum Gasteiger partial charge on any atom is 0.248 e. The molecule has 1 aromatic rings. The lowest BCUT2D eigenvalue weighted by Crippen LogP contribution is -2.31. The van der Waals surface area contributed by atoms with Crippen molar-refractivity contribution in [3.8, 4) is 0 Å². The van der Waals surface area contributed by atoms with Gasteiger partial charge in [0.15, 0.2) is 0 Å². The molecule has 1 amide bonds. The Labute approximate surface area is 110 Å². The van der Waals surface area contributed by atoms with Crippen LogP contribution in [0.5, 0.6) is 0 Å². The zero-order valence-corrected chi connectivity index (χ0v) is 11.6. The molecule has 0 spiro atoms. The van der Waals surface area contributed by atoms with Gasteiger partial charge in [0.1, 0.15) is 0 Å². The van der Waals surface area contributed by atoms with E-state index in [1.54, 1.807) is 17.4 Å². The first-order valence-corrected chi connectivity index (χ1v) is 8.14. The molecule has 18 heavy (non-hydrogen) atoms. The van der Waals surface area contributed by atoms with Gasteiger partial charge < -0.3 is 5.32 Å². The second-order valence-electron chi connectivity index (χ2n) is 4.05. The van der Waals surface area contributed by atoms with E-state index in [1.165, 1.54) is 4.31 Å². The fourth-order valence-corrected chi connectivity index (χ4v) is 3.01. The van der Waals surface area contributed by atoms with Crippen LogP contribution in [0.1, 0.15) is 4.88 Å². The smallest absolute Gasteiger partial charge is 0.248 e. The van der Waals surface area contributed by atoms with Crippen molar-refractivity contribution in [2.24, 2.45) is 0 Å². The van der Waals surface area contributed by atoms with Crippen LogP contribution in [0, 0.1) is 0 Å². The summed E-state index contributed by atoms with van der Waals surface area (Å²) in [6, 6.07) is 3.86. The third-order valence-electron chi connectivity index (χ3n) is 2.65. The minimum absolute atomic E-state index is 0.162. The average Bonchev–Trinajstić information content (AvgIpc) is 2.96. The van der Waals surface area contributed by atoms with Gasteiger partial charge in [-0.15, -0.1) is 11.3 Å². The zero-order chi connectivity index (χ0) is 13.2. The van der Waals surface area contributed by atoms with Crippen LogP contribution in [0.4, 0.5) is 0 Å². The fraction of sp³-hybridized carbons (Fsp3) is 0.364. The molecule has 0 fully saturated rings. The Kier molecular flexibility index (Phi) is 3.84. The molecular weight excluding hydrogens is 272 g/mol. The molecular formula is C11H14N2O3S2. The summed E-state index contributed by atoms with van der Waals surface area (Å²) in [7, 11) is -3.22. The summed E-state index contributed by atoms with van der Waals surface area (Å²) in [4.78, 5) is 12.9. The average molecular weight is 286 g/mol. The van der Waals surface area contributed by atoms with Crippen molar-refractivity contribution >= 4 is 27.3 Å². The minimum Gasteiger partial charge on any atom is -0.347 e. The summed E-state index contributed by atoms with van der Waals surface area (Å²) >= 11 is 1.57. The predicted molar refractivity (Wildman–Crippen MR) is 70.7 cm³/mol. The highest BCUT2D eigenvalue weighted by Gasteiger charge is 2.25. The number of hydrogen-bond acceptors (Lipinski definition) is 4. The molecule has 2 heterocycles. The number of nitrogens with one attached hydrogen (secondary N) is 1. The van der Waals surface area contributed by atoms with E-state index in [1.807, 2.05) is 17.5 Å². The third-order valence-corrected chi connectivity index (χ3v) is 4.74. The number of hydrogen-bond donors (Lipinski definition) is 1. The van der Waals surface area contributed by atoms with E-state index in [2.05, 4.69) is 5.32 Å². The molecule has 0 unspecified atom stereocenters. The van der Waals surface area contributed by atoms with Gasteiger partial charge in [-0.2, -0.15) is 4.31 Å². The lowest BCUT2D eigenvalue weighted by Gasteiger charge is -2.12. The number of amides is 1. The van der Waals surface area contributed by atoms with Crippen molar-refractivity contribution in [1.29, 1.82) is 0 Å². The number of thiophene rings is 1. The molecule has 1 aliphatic rings. The molecule has 0 aliphatic carbocycles. The van der Waals surface area contributed by atoms with Gasteiger partial charge in [-0.3, -0.25) is 4.79 Å². The van der Waals surface area contributed by atoms with Crippen molar-refractivity contribution in [1.82, 2.24) is 9.62 Å². The first-order valence-electron chi connectivity index (χ1n) is 5.41. The first kappa shape index (κ1) is 13.3. The molecule has 0 radical (unpaired) electrons. The van der Waals surface area contributed by atoms with Gasteiger partial charge in [0, 0.05) is 23.5 Å². The lowest BCUT2D eigenvalue weighted by molar-refractivity contribution is -0.117. The Morgan fingerprint density at radius 3 is 2.89 bits per heavy atom. The molecule has 0 saturated carbocycles. The Balaban J connectivity index is 1.88. The van der Waals surface area contributed by atoms with Gasteiger partial charge in [-0.25, -0.2) is 8.42 Å². The van der Waals surface area contributed by atoms with E-state index in [-0.39, 0.29) is 19.0 Å². The molecule has 1 N–H and O–H groups in total. The minimum atomic E-state index is -3.22. The Bertz CT molecular complexity index is 561. The van der Waals surface area contributed by atoms with E-state index >= 15 is 0 Å². The summed E-state index contributed by atoms with van der Waals surface area (Å²) in [5, 5.41) is 4.73. The van der Waals surface area contributed by atoms with Crippen LogP contribution < -0.4 is 5.32 Å². The van der Waals surface area contributed by atoms with Crippen molar-refractivity contribution in [2.45, 2.75) is 6.54 Å². The van der Waals surface area contributed by atoms with Crippen LogP contribution in [-0.2, 0) is 21.4 Å². The normalized spacial score (nSPS) is 16.6. The first-order chi connectivity index (χ1) is 8.47. The summed E-state index contributed by atoms with van der Waals surface area (Å²) in [5.74, 6) is -0.199. The molecule has 0 aromatic carbocycles. The molecule has 0 atom stereocenters. The van der Waals surface area contributed by atoms with Crippen LogP contribution in [-0.4, -0.2) is 38.0 Å². The molecule has 5 nitrogen and oxygen atoms in total. The largest absolute Gasteiger partial charge is 0.347 e. The summed E-state index contributed by atoms with van der Waals surface area (Å²) in [6.45, 7) is 0.919. The highest BCUT2D eigenvalue weighted by Crippen LogP contribution is 2.13. The number of nitrogens with zero attached hydrogens (tertiary/aromatic N) is 1. The molecule has 98 valence electrons. The Morgan fingerprint density at radius 1 is 1.56 bits per heavy atom. The topological polar surface area (TPSA) is 66.5 Å². The maximum absolute atomic E-state index is 11.8. The van der Waals surface area contributed by atoms with Crippen LogP contribution >= 0.6 is 11.3 Å². The van der Waals surface area contributed by atoms with Crippen LogP contribution in [0.15, 0.2) is 29.2 Å². The van der Waals surface area contributed by atoms with E-state index in [4.69, 9.17) is 0 Å². The van der Waals surface area contributed by atoms with Crippen molar-refractivity contribution in [2.75, 3.05) is 19.3 Å². The fourth-order valence-electron chi connectivity index (χ4n) is 1.64. The highest BCUT2D eigenvalue weighted by molar-refractivity contribution is 7.88. The molecule has 0 saturated heterocycles. The van der Waals surface area contributed by atoms with Crippen molar-refractivity contribution < 1.29 is 13.2 Å². The molecule has 0 bridgehead atoms. The highest BCUT2D eigenvalue weighted by atomic mass is 32.2. The van der Waals surface area contributed by atoms with Gasteiger partial charge in [0.2, 0.25) is 15.9 Å². The van der Waals surface area contributed by atoms with Gasteiger partial charge in [-0.05, 0) is 11.4 Å². The van der Waals surface area contributed by atoms with Crippen LogP contribution in [0.3, 0.4) is 0 Å². The maximum atomic E-state index is 11.8. The second kappa shape index (κ2) is 5.21. The summed E-state index contributed by atoms with van der Waals surface area (Å²) in [5.41, 5.74) is 0.511. The third kappa shape index (κ3) is 3.18. The SMILES string of the molecule is CS(=O)(=O)N1CC=C(C(=O)NCc2cccs2)C1. The summed E-state index contributed by atoms with van der Waals surface area (Å²) in [6.07, 6.45) is 2.80. The second-order valence-corrected chi connectivity index (χ2v) is 7.06. The predicted octanol–water partition coefficient (Wildman–Crippen LogP) is 0.566. The lowest BCUT2D eigenvalue weighted by atomic mass is 10.2. The molecule has 1 aliphatic heterocycles. The van der Waals surface area contributed by atoms with Crippen LogP contribution in [0.2, 0.25) is 0 Å². The Morgan fingerprint density at radius 2 is 2.33 bits per heavy atom. The van der Waals surface area contributed by atoms with Gasteiger partial charge in [-0.1, -0.05) is 12.1 Å². The van der Waals surface area contributed by atoms with E-state index < -0.39 is 10.0 Å². The van der Waals surface area contributed by atoms with Gasteiger partial charge in [0.25, 0.3) is 0 Å². The number of sulfonamides is 1. The monoisotopic (exact) mass is 286 g/mol. The molecule has 1 aromatic heterocycles. The van der Waals surface area contributed by atoms with Crippen molar-refractivity contribution in [3.63, 3.8) is 0 Å². The Hall–Kier alpha value is -1.18. The van der Waals surface area contributed by atoms with E-state index in [0.717, 1.165) is 11.1 Å². The van der Waals surface area contributed by atoms with Gasteiger partial charge >= 0.3 is 0 Å². The number of rotatable bonds is 4. The molecule has 2 rings (SSSR count). The van der Waals surface area contributed by atoms with E-state index in [0.29, 0.717) is 12.1 Å². The van der Waals surface area contributed by atoms with Gasteiger partial charge in [0.05, 0.1) is 12.8 Å². The van der Waals surface area contributed by atoms with E-state index in [9.17, 15) is 13.2 Å². The quantitative estimate of drug-likeness (QED) is 0.880. The van der Waals surface area contributed by atoms with Crippen molar-refractivity contribution in [3.05, 3.63) is 34.0 Å². The summed E-state index contributed by atoms with van der Waals surface area (Å²) < 4.78 is 23.9. The standard InChI is InChI=1S/C11H14N2O3S2/c1-18(15,16)13-5-4-9(8-13)11(14)12-7-10-3-2-6-17-10/h2-4,6H,5,7-8H2,1H3,(H,12,14). The van der Waals surface area contributed by atoms with Crippen LogP contribution in [0.25, 0.3) is 0 Å². The zero-order valence-electron chi connectivity index (χ0n) is 9.92. The molecule has 7 heteroatoms. The number of carbonyl (C=O) groups is 1. The number of carbonyl (C=O) groups excluding carboxylic acids is 1.